The molecule has 7 heteroatoms. The van der Waals surface area contributed by atoms with Gasteiger partial charge in [-0.15, -0.1) is 5.10 Å². The second-order valence-corrected chi connectivity index (χ2v) is 5.93. The molecule has 0 aliphatic heterocycles. The molecule has 0 aliphatic carbocycles. The number of rotatable bonds is 7. The molecule has 7 nitrogen and oxygen atoms in total. The highest BCUT2D eigenvalue weighted by Crippen LogP contribution is 2.18. The summed E-state index contributed by atoms with van der Waals surface area (Å²) in [4.78, 5) is 11.8. The zero-order valence-electron chi connectivity index (χ0n) is 15.2. The summed E-state index contributed by atoms with van der Waals surface area (Å²) >= 11 is 0. The number of carbonyl (C=O) groups excluding carboxylic acids is 1. The fraction of sp³-hybridized carbons (Fsp3) is 0.263. The monoisotopic (exact) mass is 353 g/mol. The van der Waals surface area contributed by atoms with E-state index < -0.39 is 6.03 Å². The van der Waals surface area contributed by atoms with E-state index in [0.29, 0.717) is 12.3 Å². The Balaban J connectivity index is 1.77. The average molecular weight is 353 g/mol. The zero-order valence-corrected chi connectivity index (χ0v) is 15.2. The second kappa shape index (κ2) is 9.93. The molecule has 0 fully saturated rings. The standard InChI is InChI=1S/C19H23N5O2/c1-14(2)8-7-9-15(3)12-13-20-23-18(25)21-19-24-22-17(26-19)16-10-5-4-6-11-16/h4-6,8-11,13H,7,12H2,1-3H3,(H2,21,23,24,25)/b15-9-,20-13+. The van der Waals surface area contributed by atoms with Gasteiger partial charge >= 0.3 is 12.0 Å². The zero-order chi connectivity index (χ0) is 18.8. The predicted molar refractivity (Wildman–Crippen MR) is 103 cm³/mol. The molecular formula is C19H23N5O2. The topological polar surface area (TPSA) is 92.4 Å². The molecule has 26 heavy (non-hydrogen) atoms. The molecule has 0 unspecified atom stereocenters. The van der Waals surface area contributed by atoms with E-state index in [4.69, 9.17) is 4.42 Å². The number of hydrogen-bond donors (Lipinski definition) is 2. The highest BCUT2D eigenvalue weighted by atomic mass is 16.4. The number of hydrogen-bond acceptors (Lipinski definition) is 5. The van der Waals surface area contributed by atoms with Crippen LogP contribution in [0.1, 0.15) is 33.6 Å². The van der Waals surface area contributed by atoms with Gasteiger partial charge in [0.2, 0.25) is 5.89 Å². The van der Waals surface area contributed by atoms with Crippen molar-refractivity contribution >= 4 is 18.3 Å². The van der Waals surface area contributed by atoms with Gasteiger partial charge in [0, 0.05) is 18.2 Å². The summed E-state index contributed by atoms with van der Waals surface area (Å²) < 4.78 is 5.39. The van der Waals surface area contributed by atoms with Crippen LogP contribution in [-0.2, 0) is 0 Å². The van der Waals surface area contributed by atoms with Gasteiger partial charge in [0.25, 0.3) is 0 Å². The fourth-order valence-electron chi connectivity index (χ4n) is 1.97. The van der Waals surface area contributed by atoms with Crippen LogP contribution in [0, 0.1) is 0 Å². The molecule has 0 saturated carbocycles. The Labute approximate surface area is 152 Å². The maximum absolute atomic E-state index is 11.8. The number of anilines is 1. The van der Waals surface area contributed by atoms with E-state index in [1.165, 1.54) is 11.1 Å². The number of urea groups is 1. The summed E-state index contributed by atoms with van der Waals surface area (Å²) in [5, 5.41) is 14.0. The summed E-state index contributed by atoms with van der Waals surface area (Å²) in [6.45, 7) is 6.16. The quantitative estimate of drug-likeness (QED) is 0.434. The lowest BCUT2D eigenvalue weighted by Crippen LogP contribution is -2.24. The van der Waals surface area contributed by atoms with Gasteiger partial charge < -0.3 is 4.42 Å². The van der Waals surface area contributed by atoms with Crippen molar-refractivity contribution in [1.29, 1.82) is 0 Å². The van der Waals surface area contributed by atoms with Crippen molar-refractivity contribution in [1.82, 2.24) is 15.6 Å². The lowest BCUT2D eigenvalue weighted by Gasteiger charge is -1.99. The van der Waals surface area contributed by atoms with Crippen LogP contribution in [0.3, 0.4) is 0 Å². The van der Waals surface area contributed by atoms with Gasteiger partial charge in [-0.25, -0.2) is 10.2 Å². The van der Waals surface area contributed by atoms with Gasteiger partial charge in [0.05, 0.1) is 0 Å². The maximum Gasteiger partial charge on any atom is 0.343 e. The van der Waals surface area contributed by atoms with Crippen molar-refractivity contribution in [3.63, 3.8) is 0 Å². The first-order chi connectivity index (χ1) is 12.5. The van der Waals surface area contributed by atoms with Crippen LogP contribution >= 0.6 is 0 Å². The number of nitrogens with one attached hydrogen (secondary N) is 2. The number of benzene rings is 1. The van der Waals surface area contributed by atoms with E-state index in [0.717, 1.165) is 12.0 Å². The smallest absolute Gasteiger partial charge is 0.343 e. The van der Waals surface area contributed by atoms with Crippen molar-refractivity contribution in [2.75, 3.05) is 5.32 Å². The molecule has 2 rings (SSSR count). The molecule has 0 bridgehead atoms. The van der Waals surface area contributed by atoms with E-state index in [9.17, 15) is 4.79 Å². The SMILES string of the molecule is CC(C)=CC/C=C(/C)C/C=N/NC(=O)Nc1nnc(-c2ccccc2)o1. The minimum atomic E-state index is -0.546. The first-order valence-electron chi connectivity index (χ1n) is 8.31. The molecule has 2 N–H and O–H groups in total. The molecule has 0 saturated heterocycles. The van der Waals surface area contributed by atoms with Gasteiger partial charge in [0.1, 0.15) is 0 Å². The minimum Gasteiger partial charge on any atom is -0.403 e. The molecule has 2 aromatic rings. The van der Waals surface area contributed by atoms with E-state index in [2.05, 4.69) is 52.0 Å². The van der Waals surface area contributed by atoms with E-state index in [-0.39, 0.29) is 6.01 Å². The lowest BCUT2D eigenvalue weighted by molar-refractivity contribution is 0.252. The highest BCUT2D eigenvalue weighted by Gasteiger charge is 2.10. The van der Waals surface area contributed by atoms with Crippen LogP contribution in [0.4, 0.5) is 10.8 Å². The number of allylic oxidation sites excluding steroid dienone is 4. The van der Waals surface area contributed by atoms with Gasteiger partial charge in [-0.2, -0.15) is 5.10 Å². The largest absolute Gasteiger partial charge is 0.403 e. The van der Waals surface area contributed by atoms with Crippen molar-refractivity contribution < 1.29 is 9.21 Å². The number of amides is 2. The summed E-state index contributed by atoms with van der Waals surface area (Å²) in [5.74, 6) is 0.335. The predicted octanol–water partition coefficient (Wildman–Crippen LogP) is 4.54. The van der Waals surface area contributed by atoms with Crippen LogP contribution in [0.2, 0.25) is 0 Å². The third kappa shape index (κ3) is 6.72. The third-order valence-electron chi connectivity index (χ3n) is 3.33. The molecule has 0 aliphatic rings. The molecule has 0 spiro atoms. The Kier molecular flexibility index (Phi) is 7.30. The first-order valence-corrected chi connectivity index (χ1v) is 8.31. The fourth-order valence-corrected chi connectivity index (χ4v) is 1.97. The van der Waals surface area contributed by atoms with Crippen LogP contribution in [0.5, 0.6) is 0 Å². The van der Waals surface area contributed by atoms with Crippen LogP contribution in [0.15, 0.2) is 63.1 Å². The normalized spacial score (nSPS) is 11.4. The van der Waals surface area contributed by atoms with Crippen molar-refractivity contribution in [3.05, 3.63) is 53.6 Å². The molecular weight excluding hydrogens is 330 g/mol. The second-order valence-electron chi connectivity index (χ2n) is 5.93. The Bertz CT molecular complexity index is 802. The van der Waals surface area contributed by atoms with Crippen LogP contribution < -0.4 is 10.7 Å². The van der Waals surface area contributed by atoms with Gasteiger partial charge in [-0.05, 0) is 39.3 Å². The molecule has 0 atom stereocenters. The van der Waals surface area contributed by atoms with Gasteiger partial charge in [-0.3, -0.25) is 5.32 Å². The number of hydrazone groups is 1. The molecule has 1 heterocycles. The first kappa shape index (κ1) is 19.1. The molecule has 2 amide bonds. The molecule has 136 valence electrons. The lowest BCUT2D eigenvalue weighted by atomic mass is 10.1. The molecule has 0 radical (unpaired) electrons. The van der Waals surface area contributed by atoms with Crippen molar-refractivity contribution in [2.24, 2.45) is 5.10 Å². The van der Waals surface area contributed by atoms with Gasteiger partial charge in [0.15, 0.2) is 0 Å². The van der Waals surface area contributed by atoms with E-state index in [1.807, 2.05) is 37.3 Å². The highest BCUT2D eigenvalue weighted by molar-refractivity contribution is 5.87. The Morgan fingerprint density at radius 2 is 1.92 bits per heavy atom. The van der Waals surface area contributed by atoms with Crippen LogP contribution in [-0.4, -0.2) is 22.4 Å². The summed E-state index contributed by atoms with van der Waals surface area (Å²) in [7, 11) is 0. The number of aromatic nitrogens is 2. The Morgan fingerprint density at radius 1 is 1.15 bits per heavy atom. The average Bonchev–Trinajstić information content (AvgIpc) is 3.07. The Hall–Kier alpha value is -3.22. The van der Waals surface area contributed by atoms with Crippen LogP contribution in [0.25, 0.3) is 11.5 Å². The Morgan fingerprint density at radius 3 is 2.65 bits per heavy atom. The third-order valence-corrected chi connectivity index (χ3v) is 3.33. The maximum atomic E-state index is 11.8. The summed E-state index contributed by atoms with van der Waals surface area (Å²) in [6.07, 6.45) is 7.48. The number of nitrogens with zero attached hydrogens (tertiary/aromatic N) is 3. The summed E-state index contributed by atoms with van der Waals surface area (Å²) in [6, 6.07) is 8.77. The van der Waals surface area contributed by atoms with Gasteiger partial charge in [-0.1, -0.05) is 46.6 Å². The molecule has 1 aromatic heterocycles. The molecule has 1 aromatic carbocycles. The summed E-state index contributed by atoms with van der Waals surface area (Å²) in [5.41, 5.74) is 5.61. The number of carbonyl (C=O) groups is 1. The van der Waals surface area contributed by atoms with E-state index >= 15 is 0 Å². The van der Waals surface area contributed by atoms with E-state index in [1.54, 1.807) is 6.21 Å². The van der Waals surface area contributed by atoms with Crippen molar-refractivity contribution in [3.8, 4) is 11.5 Å². The minimum absolute atomic E-state index is 0.00866. The van der Waals surface area contributed by atoms with Crippen molar-refractivity contribution in [2.45, 2.75) is 33.6 Å².